The molecule has 0 N–H and O–H groups in total. The van der Waals surface area contributed by atoms with Crippen LogP contribution in [0.4, 0.5) is 5.69 Å². The lowest BCUT2D eigenvalue weighted by atomic mass is 10.1. The molecule has 7 aromatic carbocycles. The van der Waals surface area contributed by atoms with E-state index in [2.05, 4.69) is 179 Å². The molecule has 1 aromatic heterocycles. The van der Waals surface area contributed by atoms with Gasteiger partial charge in [0.2, 0.25) is 0 Å². The van der Waals surface area contributed by atoms with Crippen molar-refractivity contribution in [3.05, 3.63) is 193 Å². The Kier molecular flexibility index (Phi) is 6.91. The number of benzene rings is 7. The van der Waals surface area contributed by atoms with E-state index in [1.54, 1.807) is 0 Å². The largest absolute Gasteiger partial charge is 0.309 e. The molecular formula is C43H30N2Si. The average Bonchev–Trinajstić information content (AvgIpc) is 3.48. The Morgan fingerprint density at radius 2 is 0.935 bits per heavy atom. The van der Waals surface area contributed by atoms with Gasteiger partial charge in [0.1, 0.15) is 0 Å². The summed E-state index contributed by atoms with van der Waals surface area (Å²) in [7, 11) is -2.89. The fourth-order valence-electron chi connectivity index (χ4n) is 7.19. The molecule has 2 nitrogen and oxygen atoms in total. The van der Waals surface area contributed by atoms with E-state index in [-0.39, 0.29) is 0 Å². The molecule has 1 heterocycles. The van der Waals surface area contributed by atoms with Gasteiger partial charge in [-0.1, -0.05) is 158 Å². The first kappa shape index (κ1) is 27.6. The number of fused-ring (bicyclic) bond motifs is 3. The SMILES string of the molecule is [C-]#[N+]c1ccccc1[Si](c1ccccc1)(c1ccccc1)c1cccc(-c2cccc(-n3c4ccccc4c4ccccc43)c2)c1. The van der Waals surface area contributed by atoms with Crippen LogP contribution in [-0.2, 0) is 0 Å². The van der Waals surface area contributed by atoms with Crippen LogP contribution in [0.2, 0.25) is 0 Å². The van der Waals surface area contributed by atoms with E-state index in [9.17, 15) is 0 Å². The van der Waals surface area contributed by atoms with E-state index in [4.69, 9.17) is 6.57 Å². The van der Waals surface area contributed by atoms with Gasteiger partial charge >= 0.3 is 0 Å². The summed E-state index contributed by atoms with van der Waals surface area (Å²) in [5, 5.41) is 7.39. The van der Waals surface area contributed by atoms with Crippen LogP contribution in [0.3, 0.4) is 0 Å². The smallest absolute Gasteiger partial charge is 0.187 e. The second-order valence-electron chi connectivity index (χ2n) is 11.6. The molecular weight excluding hydrogens is 573 g/mol. The first-order valence-electron chi connectivity index (χ1n) is 15.6. The standard InChI is InChI=1S/C43H30N2Si/c1-44-40-26-10-13-29-43(40)46(35-19-4-2-5-20-35,36-21-6-3-7-22-36)37-23-15-17-33(31-37)32-16-14-18-34(30-32)45-41-27-11-8-24-38(41)39-25-9-12-28-42(39)45/h2-31H. The summed E-state index contributed by atoms with van der Waals surface area (Å²) in [6.45, 7) is 8.18. The predicted molar refractivity (Wildman–Crippen MR) is 196 cm³/mol. The third-order valence-electron chi connectivity index (χ3n) is 9.16. The lowest BCUT2D eigenvalue weighted by Gasteiger charge is -2.35. The molecule has 0 bridgehead atoms. The Morgan fingerprint density at radius 1 is 0.435 bits per heavy atom. The van der Waals surface area contributed by atoms with Gasteiger partial charge in [-0.25, -0.2) is 4.85 Å². The zero-order valence-electron chi connectivity index (χ0n) is 25.2. The molecule has 0 aliphatic rings. The third-order valence-corrected chi connectivity index (χ3v) is 14.0. The highest BCUT2D eigenvalue weighted by molar-refractivity contribution is 7.20. The van der Waals surface area contributed by atoms with Crippen molar-refractivity contribution in [3.63, 3.8) is 0 Å². The van der Waals surface area contributed by atoms with Crippen LogP contribution in [0, 0.1) is 6.57 Å². The van der Waals surface area contributed by atoms with Crippen LogP contribution in [0.25, 0.3) is 43.5 Å². The molecule has 0 aliphatic carbocycles. The van der Waals surface area contributed by atoms with E-state index in [1.807, 2.05) is 12.1 Å². The van der Waals surface area contributed by atoms with Crippen molar-refractivity contribution in [2.75, 3.05) is 0 Å². The minimum atomic E-state index is -2.89. The Morgan fingerprint density at radius 3 is 1.57 bits per heavy atom. The third kappa shape index (κ3) is 4.39. The van der Waals surface area contributed by atoms with E-state index in [0.717, 1.165) is 22.0 Å². The van der Waals surface area contributed by atoms with E-state index in [1.165, 1.54) is 37.4 Å². The maximum absolute atomic E-state index is 8.18. The van der Waals surface area contributed by atoms with Crippen molar-refractivity contribution >= 4 is 56.3 Å². The fourth-order valence-corrected chi connectivity index (χ4v) is 12.1. The number of aromatic nitrogens is 1. The van der Waals surface area contributed by atoms with Crippen LogP contribution >= 0.6 is 0 Å². The molecule has 0 spiro atoms. The van der Waals surface area contributed by atoms with Gasteiger partial charge in [-0.3, -0.25) is 0 Å². The van der Waals surface area contributed by atoms with Crippen molar-refractivity contribution in [1.82, 2.24) is 4.57 Å². The monoisotopic (exact) mass is 602 g/mol. The van der Waals surface area contributed by atoms with Gasteiger partial charge in [0.15, 0.2) is 13.8 Å². The highest BCUT2D eigenvalue weighted by Crippen LogP contribution is 2.33. The lowest BCUT2D eigenvalue weighted by Crippen LogP contribution is -2.74. The minimum absolute atomic E-state index is 0.709. The molecule has 0 saturated heterocycles. The van der Waals surface area contributed by atoms with Crippen molar-refractivity contribution in [1.29, 1.82) is 0 Å². The van der Waals surface area contributed by atoms with Crippen molar-refractivity contribution in [3.8, 4) is 16.8 Å². The predicted octanol–water partition coefficient (Wildman–Crippen LogP) is 8.38. The van der Waals surface area contributed by atoms with Crippen LogP contribution in [0.5, 0.6) is 0 Å². The normalized spacial score (nSPS) is 11.5. The maximum Gasteiger partial charge on any atom is 0.187 e. The topological polar surface area (TPSA) is 9.29 Å². The molecule has 0 saturated carbocycles. The Hall–Kier alpha value is -5.95. The second kappa shape index (κ2) is 11.5. The van der Waals surface area contributed by atoms with Gasteiger partial charge in [0.05, 0.1) is 17.6 Å². The molecule has 0 radical (unpaired) electrons. The van der Waals surface area contributed by atoms with Gasteiger partial charge in [-0.15, -0.1) is 0 Å². The summed E-state index contributed by atoms with van der Waals surface area (Å²) in [6, 6.07) is 65.0. The first-order valence-corrected chi connectivity index (χ1v) is 17.6. The highest BCUT2D eigenvalue weighted by atomic mass is 28.3. The van der Waals surface area contributed by atoms with Gasteiger partial charge in [0.25, 0.3) is 0 Å². The van der Waals surface area contributed by atoms with Gasteiger partial charge in [-0.05, 0) is 56.1 Å². The first-order chi connectivity index (χ1) is 22.8. The van der Waals surface area contributed by atoms with E-state index >= 15 is 0 Å². The molecule has 0 amide bonds. The number of hydrogen-bond donors (Lipinski definition) is 0. The van der Waals surface area contributed by atoms with Crippen molar-refractivity contribution in [2.45, 2.75) is 0 Å². The molecule has 0 fully saturated rings. The summed E-state index contributed by atoms with van der Waals surface area (Å²) in [5.41, 5.74) is 6.55. The van der Waals surface area contributed by atoms with Gasteiger partial charge in [-0.2, -0.15) is 0 Å². The Labute approximate surface area is 270 Å². The highest BCUT2D eigenvalue weighted by Gasteiger charge is 2.42. The maximum atomic E-state index is 8.18. The summed E-state index contributed by atoms with van der Waals surface area (Å²) >= 11 is 0. The Bertz CT molecular complexity index is 2290. The summed E-state index contributed by atoms with van der Waals surface area (Å²) in [6.07, 6.45) is 0. The van der Waals surface area contributed by atoms with Crippen LogP contribution < -0.4 is 20.7 Å². The van der Waals surface area contributed by atoms with E-state index in [0.29, 0.717) is 5.69 Å². The van der Waals surface area contributed by atoms with Crippen LogP contribution in [0.15, 0.2) is 182 Å². The average molecular weight is 603 g/mol. The van der Waals surface area contributed by atoms with Crippen molar-refractivity contribution < 1.29 is 0 Å². The van der Waals surface area contributed by atoms with E-state index < -0.39 is 8.07 Å². The lowest BCUT2D eigenvalue weighted by molar-refractivity contribution is 1.18. The molecule has 3 heteroatoms. The quantitative estimate of drug-likeness (QED) is 0.103. The summed E-state index contributed by atoms with van der Waals surface area (Å²) < 4.78 is 2.37. The second-order valence-corrected chi connectivity index (χ2v) is 15.4. The van der Waals surface area contributed by atoms with Gasteiger partial charge in [0, 0.05) is 16.5 Å². The molecule has 0 atom stereocenters. The molecule has 0 unspecified atom stereocenters. The molecule has 216 valence electrons. The van der Waals surface area contributed by atoms with Crippen LogP contribution in [0.1, 0.15) is 0 Å². The number of hydrogen-bond acceptors (Lipinski definition) is 0. The zero-order chi connectivity index (χ0) is 30.9. The minimum Gasteiger partial charge on any atom is -0.309 e. The molecule has 46 heavy (non-hydrogen) atoms. The number of nitrogens with zero attached hydrogens (tertiary/aromatic N) is 2. The fraction of sp³-hybridized carbons (Fsp3) is 0. The zero-order valence-corrected chi connectivity index (χ0v) is 26.2. The number of para-hydroxylation sites is 3. The summed E-state index contributed by atoms with van der Waals surface area (Å²) in [5.74, 6) is 0. The summed E-state index contributed by atoms with van der Waals surface area (Å²) in [4.78, 5) is 4.07. The molecule has 8 rings (SSSR count). The van der Waals surface area contributed by atoms with Crippen molar-refractivity contribution in [2.24, 2.45) is 0 Å². The van der Waals surface area contributed by atoms with Crippen LogP contribution in [-0.4, -0.2) is 12.6 Å². The molecule has 8 aromatic rings. The van der Waals surface area contributed by atoms with Gasteiger partial charge < -0.3 is 4.57 Å². The number of rotatable bonds is 6. The Balaban J connectivity index is 1.37. The molecule has 0 aliphatic heterocycles.